The number of nitrogens with zero attached hydrogens (tertiary/aromatic N) is 2. The molecule has 0 spiro atoms. The lowest BCUT2D eigenvalue weighted by molar-refractivity contribution is 0.0734. The molecular formula is C23H28N2O4S. The number of methoxy groups -OCH3 is 1. The zero-order valence-electron chi connectivity index (χ0n) is 17.3. The molecule has 1 fully saturated rings. The Morgan fingerprint density at radius 1 is 0.933 bits per heavy atom. The van der Waals surface area contributed by atoms with Crippen molar-refractivity contribution in [3.8, 4) is 5.75 Å². The van der Waals surface area contributed by atoms with Crippen molar-refractivity contribution < 1.29 is 17.9 Å². The average molecular weight is 429 g/mol. The van der Waals surface area contributed by atoms with Crippen LogP contribution < -0.4 is 4.74 Å². The maximum absolute atomic E-state index is 13.4. The van der Waals surface area contributed by atoms with Crippen molar-refractivity contribution in [3.63, 3.8) is 0 Å². The number of rotatable bonds is 4. The van der Waals surface area contributed by atoms with Crippen LogP contribution in [0, 0.1) is 0 Å². The molecule has 0 bridgehead atoms. The summed E-state index contributed by atoms with van der Waals surface area (Å²) in [5, 5.41) is 0. The molecule has 0 saturated carbocycles. The fraction of sp³-hybridized carbons (Fsp3) is 0.435. The number of hydrogen-bond acceptors (Lipinski definition) is 4. The van der Waals surface area contributed by atoms with E-state index < -0.39 is 10.0 Å². The summed E-state index contributed by atoms with van der Waals surface area (Å²) in [5.41, 5.74) is 2.78. The summed E-state index contributed by atoms with van der Waals surface area (Å²) in [6.45, 7) is 2.17. The van der Waals surface area contributed by atoms with Gasteiger partial charge < -0.3 is 9.64 Å². The Balaban J connectivity index is 1.63. The number of carbonyl (C=O) groups excluding carboxylic acids is 1. The summed E-state index contributed by atoms with van der Waals surface area (Å²) in [7, 11) is -2.27. The molecule has 1 amide bonds. The minimum absolute atomic E-state index is 0.0789. The van der Waals surface area contributed by atoms with Gasteiger partial charge in [0.25, 0.3) is 5.91 Å². The molecule has 0 N–H and O–H groups in total. The summed E-state index contributed by atoms with van der Waals surface area (Å²) in [6.07, 6.45) is 4.59. The van der Waals surface area contributed by atoms with Crippen LogP contribution in [-0.2, 0) is 23.0 Å². The van der Waals surface area contributed by atoms with Crippen molar-refractivity contribution in [1.82, 2.24) is 9.21 Å². The normalized spacial score (nSPS) is 17.8. The third-order valence-corrected chi connectivity index (χ3v) is 7.93. The number of sulfonamides is 1. The Bertz CT molecular complexity index is 1030. The van der Waals surface area contributed by atoms with Crippen molar-refractivity contribution in [3.05, 3.63) is 59.2 Å². The van der Waals surface area contributed by atoms with Gasteiger partial charge in [0.05, 0.1) is 7.11 Å². The van der Waals surface area contributed by atoms with Crippen LogP contribution in [0.4, 0.5) is 0 Å². The number of ether oxygens (including phenoxy) is 1. The first-order valence-corrected chi connectivity index (χ1v) is 12.0. The maximum Gasteiger partial charge on any atom is 0.254 e. The predicted molar refractivity (Wildman–Crippen MR) is 115 cm³/mol. The Morgan fingerprint density at radius 3 is 2.33 bits per heavy atom. The lowest BCUT2D eigenvalue weighted by atomic mass is 9.99. The van der Waals surface area contributed by atoms with E-state index in [0.29, 0.717) is 31.7 Å². The molecule has 6 nitrogen and oxygen atoms in total. The second-order valence-electron chi connectivity index (χ2n) is 7.93. The van der Waals surface area contributed by atoms with E-state index in [2.05, 4.69) is 6.07 Å². The van der Waals surface area contributed by atoms with Crippen LogP contribution in [0.3, 0.4) is 0 Å². The van der Waals surface area contributed by atoms with Crippen molar-refractivity contribution in [2.24, 2.45) is 0 Å². The van der Waals surface area contributed by atoms with E-state index in [1.54, 1.807) is 17.0 Å². The number of carbonyl (C=O) groups is 1. The second kappa shape index (κ2) is 8.78. The Labute approximate surface area is 178 Å². The van der Waals surface area contributed by atoms with Crippen LogP contribution in [0.2, 0.25) is 0 Å². The van der Waals surface area contributed by atoms with Gasteiger partial charge in [0.2, 0.25) is 10.0 Å². The summed E-state index contributed by atoms with van der Waals surface area (Å²) in [4.78, 5) is 15.1. The topological polar surface area (TPSA) is 66.9 Å². The zero-order valence-corrected chi connectivity index (χ0v) is 18.2. The lowest BCUT2D eigenvalue weighted by Crippen LogP contribution is -2.36. The third-order valence-electron chi connectivity index (χ3n) is 6.01. The van der Waals surface area contributed by atoms with Crippen molar-refractivity contribution >= 4 is 15.9 Å². The molecule has 2 heterocycles. The fourth-order valence-corrected chi connectivity index (χ4v) is 5.98. The fourth-order valence-electron chi connectivity index (χ4n) is 4.28. The van der Waals surface area contributed by atoms with E-state index in [1.165, 1.54) is 23.0 Å². The van der Waals surface area contributed by atoms with Crippen molar-refractivity contribution in [2.45, 2.75) is 43.5 Å². The minimum Gasteiger partial charge on any atom is -0.495 e. The lowest BCUT2D eigenvalue weighted by Gasteiger charge is -2.29. The Morgan fingerprint density at radius 2 is 1.63 bits per heavy atom. The predicted octanol–water partition coefficient (Wildman–Crippen LogP) is 3.46. The van der Waals surface area contributed by atoms with E-state index in [1.807, 2.05) is 18.2 Å². The van der Waals surface area contributed by atoms with Gasteiger partial charge in [-0.3, -0.25) is 4.79 Å². The molecule has 7 heteroatoms. The van der Waals surface area contributed by atoms with E-state index in [4.69, 9.17) is 4.74 Å². The molecule has 0 radical (unpaired) electrons. The van der Waals surface area contributed by atoms with Crippen LogP contribution in [-0.4, -0.2) is 50.3 Å². The molecule has 160 valence electrons. The molecule has 0 aliphatic carbocycles. The quantitative estimate of drug-likeness (QED) is 0.748. The highest BCUT2D eigenvalue weighted by Crippen LogP contribution is 2.30. The second-order valence-corrected chi connectivity index (χ2v) is 9.84. The molecule has 2 aliphatic rings. The van der Waals surface area contributed by atoms with Gasteiger partial charge in [-0.2, -0.15) is 4.31 Å². The van der Waals surface area contributed by atoms with E-state index >= 15 is 0 Å². The molecular weight excluding hydrogens is 400 g/mol. The SMILES string of the molecule is COc1ccc(C(=O)N2CCc3ccccc3C2)cc1S(=O)(=O)N1CCCCCC1. The molecule has 0 aromatic heterocycles. The highest BCUT2D eigenvalue weighted by molar-refractivity contribution is 7.89. The summed E-state index contributed by atoms with van der Waals surface area (Å²) < 4.78 is 33.6. The van der Waals surface area contributed by atoms with Gasteiger partial charge in [-0.1, -0.05) is 37.1 Å². The molecule has 2 aliphatic heterocycles. The number of benzene rings is 2. The molecule has 30 heavy (non-hydrogen) atoms. The van der Waals surface area contributed by atoms with Crippen LogP contribution >= 0.6 is 0 Å². The van der Waals surface area contributed by atoms with E-state index in [9.17, 15) is 13.2 Å². The molecule has 0 atom stereocenters. The van der Waals surface area contributed by atoms with Crippen molar-refractivity contribution in [2.75, 3.05) is 26.7 Å². The Hall–Kier alpha value is -2.38. The summed E-state index contributed by atoms with van der Waals surface area (Å²) >= 11 is 0. The van der Waals surface area contributed by atoms with Gasteiger partial charge >= 0.3 is 0 Å². The molecule has 2 aromatic carbocycles. The van der Waals surface area contributed by atoms with Gasteiger partial charge in [-0.15, -0.1) is 0 Å². The number of amides is 1. The van der Waals surface area contributed by atoms with E-state index in [0.717, 1.165) is 37.7 Å². The van der Waals surface area contributed by atoms with Crippen LogP contribution in [0.25, 0.3) is 0 Å². The average Bonchev–Trinajstić information content (AvgIpc) is 3.08. The first kappa shape index (κ1) is 20.9. The number of hydrogen-bond donors (Lipinski definition) is 0. The molecule has 2 aromatic rings. The van der Waals surface area contributed by atoms with Gasteiger partial charge in [-0.05, 0) is 48.6 Å². The van der Waals surface area contributed by atoms with Gasteiger partial charge in [0.15, 0.2) is 0 Å². The van der Waals surface area contributed by atoms with Crippen molar-refractivity contribution in [1.29, 1.82) is 0 Å². The van der Waals surface area contributed by atoms with Crippen LogP contribution in [0.5, 0.6) is 5.75 Å². The minimum atomic E-state index is -3.73. The van der Waals surface area contributed by atoms with Gasteiger partial charge in [0.1, 0.15) is 10.6 Å². The highest BCUT2D eigenvalue weighted by Gasteiger charge is 2.30. The van der Waals surface area contributed by atoms with Gasteiger partial charge in [-0.25, -0.2) is 8.42 Å². The standard InChI is InChI=1S/C23H28N2O4S/c1-29-21-11-10-19(16-22(21)30(27,28)25-13-6-2-3-7-14-25)23(26)24-15-12-18-8-4-5-9-20(18)17-24/h4-5,8-11,16H,2-3,6-7,12-15,17H2,1H3. The maximum atomic E-state index is 13.4. The number of fused-ring (bicyclic) bond motifs is 1. The molecule has 1 saturated heterocycles. The summed E-state index contributed by atoms with van der Waals surface area (Å²) in [6, 6.07) is 12.9. The van der Waals surface area contributed by atoms with Crippen LogP contribution in [0.1, 0.15) is 47.2 Å². The van der Waals surface area contributed by atoms with E-state index in [-0.39, 0.29) is 16.6 Å². The zero-order chi connectivity index (χ0) is 21.1. The molecule has 4 rings (SSSR count). The highest BCUT2D eigenvalue weighted by atomic mass is 32.2. The summed E-state index contributed by atoms with van der Waals surface area (Å²) in [5.74, 6) is 0.124. The third kappa shape index (κ3) is 4.09. The van der Waals surface area contributed by atoms with Crippen LogP contribution in [0.15, 0.2) is 47.4 Å². The smallest absolute Gasteiger partial charge is 0.254 e. The molecule has 0 unspecified atom stereocenters. The largest absolute Gasteiger partial charge is 0.495 e. The monoisotopic (exact) mass is 428 g/mol. The van der Waals surface area contributed by atoms with Gasteiger partial charge in [0, 0.05) is 31.7 Å². The first-order chi connectivity index (χ1) is 14.5. The first-order valence-electron chi connectivity index (χ1n) is 10.5. The Kier molecular flexibility index (Phi) is 6.11.